The van der Waals surface area contributed by atoms with Gasteiger partial charge in [-0.3, -0.25) is 25.0 Å². The number of nitro benzene ring substituents is 2. The number of benzene rings is 3. The maximum absolute atomic E-state index is 12.4. The first-order chi connectivity index (χ1) is 17.7. The van der Waals surface area contributed by atoms with E-state index in [9.17, 15) is 25.0 Å². The van der Waals surface area contributed by atoms with Crippen molar-refractivity contribution in [3.63, 3.8) is 0 Å². The van der Waals surface area contributed by atoms with Crippen molar-refractivity contribution in [1.29, 1.82) is 0 Å². The molecule has 0 saturated carbocycles. The smallest absolute Gasteiger partial charge is 0.318 e. The quantitative estimate of drug-likeness (QED) is 0.134. The van der Waals surface area contributed by atoms with Crippen LogP contribution < -0.4 is 14.9 Å². The standard InChI is InChI=1S/C23H14Br2N4O8/c1-35-20-7-12(11-26-27-23(30)21-9-13-8-14(24)2-4-18(13)36-21)6-16(25)22(20)37-19-5-3-15(28(31)32)10-17(19)29(33)34/h2-11H,1H3,(H,27,30). The van der Waals surface area contributed by atoms with Gasteiger partial charge in [0.05, 0.1) is 33.7 Å². The summed E-state index contributed by atoms with van der Waals surface area (Å²) in [5.74, 6) is -0.426. The van der Waals surface area contributed by atoms with Crippen LogP contribution in [-0.4, -0.2) is 29.1 Å². The van der Waals surface area contributed by atoms with E-state index in [1.54, 1.807) is 24.3 Å². The summed E-state index contributed by atoms with van der Waals surface area (Å²) in [6.07, 6.45) is 1.35. The van der Waals surface area contributed by atoms with Gasteiger partial charge in [0.25, 0.3) is 5.69 Å². The minimum atomic E-state index is -0.784. The van der Waals surface area contributed by atoms with Crippen molar-refractivity contribution in [2.45, 2.75) is 0 Å². The van der Waals surface area contributed by atoms with Gasteiger partial charge in [0.15, 0.2) is 17.3 Å². The first-order valence-electron chi connectivity index (χ1n) is 10.2. The number of nitrogens with one attached hydrogen (secondary N) is 1. The average Bonchev–Trinajstić information content (AvgIpc) is 3.28. The largest absolute Gasteiger partial charge is 0.493 e. The molecule has 14 heteroatoms. The third kappa shape index (κ3) is 5.76. The number of carbonyl (C=O) groups is 1. The second kappa shape index (κ2) is 10.8. The van der Waals surface area contributed by atoms with Crippen LogP contribution in [0.2, 0.25) is 0 Å². The summed E-state index contributed by atoms with van der Waals surface area (Å²) < 4.78 is 17.7. The summed E-state index contributed by atoms with van der Waals surface area (Å²) >= 11 is 6.69. The molecule has 188 valence electrons. The Morgan fingerprint density at radius 2 is 1.81 bits per heavy atom. The van der Waals surface area contributed by atoms with Gasteiger partial charge in [-0.05, 0) is 64.0 Å². The van der Waals surface area contributed by atoms with Gasteiger partial charge < -0.3 is 13.9 Å². The van der Waals surface area contributed by atoms with Crippen molar-refractivity contribution >= 4 is 66.3 Å². The number of hydrogen-bond acceptors (Lipinski definition) is 9. The fraction of sp³-hybridized carbons (Fsp3) is 0.0435. The van der Waals surface area contributed by atoms with E-state index in [1.165, 1.54) is 19.4 Å². The Morgan fingerprint density at radius 3 is 2.51 bits per heavy atom. The lowest BCUT2D eigenvalue weighted by atomic mass is 10.2. The Bertz CT molecular complexity index is 1580. The number of hydrogen-bond donors (Lipinski definition) is 1. The maximum Gasteiger partial charge on any atom is 0.318 e. The summed E-state index contributed by atoms with van der Waals surface area (Å²) in [5, 5.41) is 27.1. The fourth-order valence-corrected chi connectivity index (χ4v) is 4.14. The zero-order valence-electron chi connectivity index (χ0n) is 18.6. The fourth-order valence-electron chi connectivity index (χ4n) is 3.22. The van der Waals surface area contributed by atoms with Crippen LogP contribution in [0.5, 0.6) is 17.2 Å². The molecule has 4 aromatic rings. The van der Waals surface area contributed by atoms with Gasteiger partial charge in [0.2, 0.25) is 5.75 Å². The van der Waals surface area contributed by atoms with Crippen molar-refractivity contribution in [3.8, 4) is 17.2 Å². The van der Waals surface area contributed by atoms with E-state index >= 15 is 0 Å². The first-order valence-corrected chi connectivity index (χ1v) is 11.8. The van der Waals surface area contributed by atoms with Gasteiger partial charge in [-0.2, -0.15) is 5.10 Å². The van der Waals surface area contributed by atoms with E-state index < -0.39 is 27.1 Å². The van der Waals surface area contributed by atoms with Gasteiger partial charge in [0.1, 0.15) is 5.58 Å². The van der Waals surface area contributed by atoms with Gasteiger partial charge >= 0.3 is 11.6 Å². The minimum absolute atomic E-state index is 0.0810. The predicted molar refractivity (Wildman–Crippen MR) is 139 cm³/mol. The van der Waals surface area contributed by atoms with Crippen molar-refractivity contribution in [3.05, 3.63) is 95.1 Å². The number of ether oxygens (including phenoxy) is 2. The molecule has 37 heavy (non-hydrogen) atoms. The number of nitrogens with zero attached hydrogens (tertiary/aromatic N) is 3. The summed E-state index contributed by atoms with van der Waals surface area (Å²) in [7, 11) is 1.36. The molecule has 0 unspecified atom stereocenters. The molecule has 1 aromatic heterocycles. The van der Waals surface area contributed by atoms with Crippen molar-refractivity contribution in [2.75, 3.05) is 7.11 Å². The summed E-state index contributed by atoms with van der Waals surface area (Å²) in [6, 6.07) is 13.1. The SMILES string of the molecule is COc1cc(C=NNC(=O)c2cc3cc(Br)ccc3o2)cc(Br)c1Oc1ccc([N+](=O)[O-])cc1[N+](=O)[O-]. The zero-order chi connectivity index (χ0) is 26.7. The number of rotatable bonds is 8. The molecular weight excluding hydrogens is 620 g/mol. The van der Waals surface area contributed by atoms with E-state index in [1.807, 2.05) is 6.07 Å². The van der Waals surface area contributed by atoms with Gasteiger partial charge in [0, 0.05) is 15.9 Å². The lowest BCUT2D eigenvalue weighted by molar-refractivity contribution is -0.394. The number of hydrazone groups is 1. The van der Waals surface area contributed by atoms with Crippen LogP contribution in [0.25, 0.3) is 11.0 Å². The highest BCUT2D eigenvalue weighted by molar-refractivity contribution is 9.10. The molecule has 1 heterocycles. The highest BCUT2D eigenvalue weighted by Crippen LogP contribution is 2.42. The number of non-ortho nitro benzene ring substituents is 1. The van der Waals surface area contributed by atoms with Crippen LogP contribution in [0, 0.1) is 20.2 Å². The number of halogens is 2. The van der Waals surface area contributed by atoms with E-state index in [2.05, 4.69) is 42.4 Å². The molecule has 0 atom stereocenters. The molecule has 0 spiro atoms. The molecule has 0 bridgehead atoms. The highest BCUT2D eigenvalue weighted by atomic mass is 79.9. The van der Waals surface area contributed by atoms with E-state index in [4.69, 9.17) is 13.9 Å². The Labute approximate surface area is 224 Å². The highest BCUT2D eigenvalue weighted by Gasteiger charge is 2.23. The maximum atomic E-state index is 12.4. The molecular formula is C23H14Br2N4O8. The van der Waals surface area contributed by atoms with E-state index in [-0.39, 0.29) is 23.0 Å². The monoisotopic (exact) mass is 632 g/mol. The molecule has 1 N–H and O–H groups in total. The number of methoxy groups -OCH3 is 1. The third-order valence-corrected chi connectivity index (χ3v) is 5.98. The molecule has 0 saturated heterocycles. The number of amides is 1. The van der Waals surface area contributed by atoms with Crippen LogP contribution in [0.4, 0.5) is 11.4 Å². The van der Waals surface area contributed by atoms with Gasteiger partial charge in [-0.15, -0.1) is 0 Å². The molecule has 12 nitrogen and oxygen atoms in total. The van der Waals surface area contributed by atoms with Crippen LogP contribution in [0.1, 0.15) is 16.1 Å². The van der Waals surface area contributed by atoms with Crippen molar-refractivity contribution in [2.24, 2.45) is 5.10 Å². The molecule has 4 rings (SSSR count). The third-order valence-electron chi connectivity index (χ3n) is 4.90. The molecule has 1 amide bonds. The number of nitro groups is 2. The number of furan rings is 1. The van der Waals surface area contributed by atoms with E-state index in [0.29, 0.717) is 15.6 Å². The lowest BCUT2D eigenvalue weighted by Gasteiger charge is -2.13. The molecule has 0 aliphatic heterocycles. The first kappa shape index (κ1) is 25.8. The number of carbonyl (C=O) groups excluding carboxylic acids is 1. The second-order valence-electron chi connectivity index (χ2n) is 7.29. The Kier molecular flexibility index (Phi) is 7.50. The lowest BCUT2D eigenvalue weighted by Crippen LogP contribution is -2.16. The van der Waals surface area contributed by atoms with Crippen LogP contribution in [0.3, 0.4) is 0 Å². The average molecular weight is 634 g/mol. The molecule has 0 aliphatic rings. The molecule has 3 aromatic carbocycles. The summed E-state index contributed by atoms with van der Waals surface area (Å²) in [6.45, 7) is 0. The number of fused-ring (bicyclic) bond motifs is 1. The summed E-state index contributed by atoms with van der Waals surface area (Å²) in [4.78, 5) is 33.3. The summed E-state index contributed by atoms with van der Waals surface area (Å²) in [5.41, 5.74) is 2.38. The van der Waals surface area contributed by atoms with Gasteiger partial charge in [-0.25, -0.2) is 5.43 Å². The zero-order valence-corrected chi connectivity index (χ0v) is 21.8. The topological polar surface area (TPSA) is 159 Å². The Hall–Kier alpha value is -4.30. The Morgan fingerprint density at radius 1 is 1.03 bits per heavy atom. The van der Waals surface area contributed by atoms with Crippen LogP contribution in [-0.2, 0) is 0 Å². The van der Waals surface area contributed by atoms with E-state index in [0.717, 1.165) is 28.1 Å². The molecule has 0 fully saturated rings. The minimum Gasteiger partial charge on any atom is -0.493 e. The van der Waals surface area contributed by atoms with Crippen molar-refractivity contribution in [1.82, 2.24) is 5.43 Å². The van der Waals surface area contributed by atoms with Gasteiger partial charge in [-0.1, -0.05) is 15.9 Å². The van der Waals surface area contributed by atoms with Crippen molar-refractivity contribution < 1.29 is 28.5 Å². The van der Waals surface area contributed by atoms with Crippen LogP contribution in [0.15, 0.2) is 73.1 Å². The Balaban J connectivity index is 1.54. The molecule has 0 aliphatic carbocycles. The van der Waals surface area contributed by atoms with Crippen LogP contribution >= 0.6 is 31.9 Å². The predicted octanol–water partition coefficient (Wildman–Crippen LogP) is 6.34. The second-order valence-corrected chi connectivity index (χ2v) is 9.06. The molecule has 0 radical (unpaired) electrons. The normalized spacial score (nSPS) is 11.0.